The zero-order valence-electron chi connectivity index (χ0n) is 15.9. The van der Waals surface area contributed by atoms with Gasteiger partial charge in [-0.2, -0.15) is 0 Å². The molecule has 2 rings (SSSR count). The van der Waals surface area contributed by atoms with Crippen LogP contribution in [0, 0.1) is 0 Å². The molecule has 5 nitrogen and oxygen atoms in total. The SMILES string of the molecule is CN1CCN(c2ccc(C=CCCNC(=O)OC(C)(C)C)cc2)CC1. The predicted octanol–water partition coefficient (Wildman–Crippen LogP) is 3.37. The molecule has 1 aromatic rings. The number of nitrogens with one attached hydrogen (secondary N) is 1. The van der Waals surface area contributed by atoms with Crippen LogP contribution in [0.3, 0.4) is 0 Å². The van der Waals surface area contributed by atoms with E-state index < -0.39 is 5.60 Å². The molecule has 0 unspecified atom stereocenters. The number of hydrogen-bond donors (Lipinski definition) is 1. The average molecular weight is 345 g/mol. The van der Waals surface area contributed by atoms with Crippen molar-refractivity contribution in [2.45, 2.75) is 32.8 Å². The van der Waals surface area contributed by atoms with Crippen molar-refractivity contribution in [3.05, 3.63) is 35.9 Å². The number of amides is 1. The molecule has 5 heteroatoms. The summed E-state index contributed by atoms with van der Waals surface area (Å²) in [5, 5.41) is 2.76. The molecule has 1 amide bonds. The van der Waals surface area contributed by atoms with Crippen molar-refractivity contribution < 1.29 is 9.53 Å². The van der Waals surface area contributed by atoms with Crippen LogP contribution in [0.2, 0.25) is 0 Å². The normalized spacial score (nSPS) is 16.2. The summed E-state index contributed by atoms with van der Waals surface area (Å²) in [5.74, 6) is 0. The van der Waals surface area contributed by atoms with Crippen LogP contribution in [0.4, 0.5) is 10.5 Å². The summed E-state index contributed by atoms with van der Waals surface area (Å²) in [6, 6.07) is 8.66. The number of carbonyl (C=O) groups is 1. The van der Waals surface area contributed by atoms with Gasteiger partial charge in [-0.05, 0) is 51.9 Å². The number of carbonyl (C=O) groups excluding carboxylic acids is 1. The molecule has 1 heterocycles. The zero-order valence-corrected chi connectivity index (χ0v) is 15.9. The molecule has 138 valence electrons. The number of alkyl carbamates (subject to hydrolysis) is 1. The molecular weight excluding hydrogens is 314 g/mol. The van der Waals surface area contributed by atoms with Gasteiger partial charge in [0.25, 0.3) is 0 Å². The Labute approximate surface area is 151 Å². The Morgan fingerprint density at radius 3 is 2.40 bits per heavy atom. The van der Waals surface area contributed by atoms with Gasteiger partial charge in [-0.3, -0.25) is 0 Å². The molecule has 25 heavy (non-hydrogen) atoms. The molecule has 0 aliphatic carbocycles. The van der Waals surface area contributed by atoms with E-state index >= 15 is 0 Å². The molecule has 1 fully saturated rings. The predicted molar refractivity (Wildman–Crippen MR) is 104 cm³/mol. The smallest absolute Gasteiger partial charge is 0.407 e. The summed E-state index contributed by atoms with van der Waals surface area (Å²) in [6.45, 7) is 10.6. The topological polar surface area (TPSA) is 44.8 Å². The maximum Gasteiger partial charge on any atom is 0.407 e. The number of anilines is 1. The van der Waals surface area contributed by atoms with Crippen LogP contribution in [0.1, 0.15) is 32.8 Å². The molecule has 0 bridgehead atoms. The van der Waals surface area contributed by atoms with Crippen molar-refractivity contribution in [3.63, 3.8) is 0 Å². The number of likely N-dealkylation sites (N-methyl/N-ethyl adjacent to an activating group) is 1. The van der Waals surface area contributed by atoms with E-state index in [1.807, 2.05) is 20.8 Å². The highest BCUT2D eigenvalue weighted by Gasteiger charge is 2.15. The summed E-state index contributed by atoms with van der Waals surface area (Å²) in [6.07, 6.45) is 4.57. The highest BCUT2D eigenvalue weighted by Crippen LogP contribution is 2.17. The first-order valence-electron chi connectivity index (χ1n) is 9.00. The first-order chi connectivity index (χ1) is 11.8. The minimum absolute atomic E-state index is 0.363. The second kappa shape index (κ2) is 8.90. The molecule has 1 aliphatic heterocycles. The minimum atomic E-state index is -0.453. The molecule has 1 N–H and O–H groups in total. The maximum absolute atomic E-state index is 11.5. The van der Waals surface area contributed by atoms with Crippen LogP contribution >= 0.6 is 0 Å². The Kier molecular flexibility index (Phi) is 6.88. The first kappa shape index (κ1) is 19.3. The van der Waals surface area contributed by atoms with Gasteiger partial charge in [-0.25, -0.2) is 4.79 Å². The van der Waals surface area contributed by atoms with Gasteiger partial charge in [0.05, 0.1) is 0 Å². The van der Waals surface area contributed by atoms with Gasteiger partial charge in [0.1, 0.15) is 5.60 Å². The molecule has 1 aliphatic rings. The van der Waals surface area contributed by atoms with Crippen molar-refractivity contribution in [3.8, 4) is 0 Å². The molecule has 1 saturated heterocycles. The van der Waals surface area contributed by atoms with Crippen LogP contribution in [0.25, 0.3) is 6.08 Å². The van der Waals surface area contributed by atoms with Gasteiger partial charge in [-0.15, -0.1) is 0 Å². The summed E-state index contributed by atoms with van der Waals surface area (Å²) in [7, 11) is 2.17. The number of benzene rings is 1. The number of nitrogens with zero attached hydrogens (tertiary/aromatic N) is 2. The van der Waals surface area contributed by atoms with Crippen LogP contribution < -0.4 is 10.2 Å². The van der Waals surface area contributed by atoms with E-state index in [1.54, 1.807) is 0 Å². The number of hydrogen-bond acceptors (Lipinski definition) is 4. The summed E-state index contributed by atoms with van der Waals surface area (Å²) < 4.78 is 5.20. The first-order valence-corrected chi connectivity index (χ1v) is 9.00. The van der Waals surface area contributed by atoms with Gasteiger partial charge in [0.15, 0.2) is 0 Å². The Hall–Kier alpha value is -2.01. The maximum atomic E-state index is 11.5. The van der Waals surface area contributed by atoms with Crippen LogP contribution in [0.15, 0.2) is 30.3 Å². The molecule has 0 radical (unpaired) electrons. The standard InChI is InChI=1S/C20H31N3O2/c1-20(2,3)25-19(24)21-12-6-5-7-17-8-10-18(11-9-17)23-15-13-22(4)14-16-23/h5,7-11H,6,12-16H2,1-4H3,(H,21,24). The second-order valence-corrected chi connectivity index (χ2v) is 7.50. The van der Waals surface area contributed by atoms with Gasteiger partial charge < -0.3 is 19.9 Å². The highest BCUT2D eigenvalue weighted by molar-refractivity contribution is 5.67. The minimum Gasteiger partial charge on any atom is -0.444 e. The third-order valence-electron chi connectivity index (χ3n) is 4.05. The Bertz CT molecular complexity index is 568. The summed E-state index contributed by atoms with van der Waals surface area (Å²) in [4.78, 5) is 16.3. The summed E-state index contributed by atoms with van der Waals surface area (Å²) in [5.41, 5.74) is 2.01. The molecule has 0 spiro atoms. The largest absolute Gasteiger partial charge is 0.444 e. The van der Waals surface area contributed by atoms with Gasteiger partial charge >= 0.3 is 6.09 Å². The van der Waals surface area contributed by atoms with Crippen LogP contribution in [-0.2, 0) is 4.74 Å². The zero-order chi connectivity index (χ0) is 18.3. The van der Waals surface area contributed by atoms with Gasteiger partial charge in [0, 0.05) is 38.4 Å². The van der Waals surface area contributed by atoms with Crippen molar-refractivity contribution in [1.29, 1.82) is 0 Å². The average Bonchev–Trinajstić information content (AvgIpc) is 2.54. The monoisotopic (exact) mass is 345 g/mol. The molecule has 0 aromatic heterocycles. The lowest BCUT2D eigenvalue weighted by Crippen LogP contribution is -2.44. The number of ether oxygens (including phenoxy) is 1. The molecule has 0 saturated carbocycles. The Balaban J connectivity index is 1.72. The van der Waals surface area contributed by atoms with E-state index in [0.717, 1.165) is 32.6 Å². The van der Waals surface area contributed by atoms with Crippen LogP contribution in [-0.4, -0.2) is 56.4 Å². The number of rotatable bonds is 5. The van der Waals surface area contributed by atoms with E-state index in [9.17, 15) is 4.79 Å². The molecular formula is C20H31N3O2. The highest BCUT2D eigenvalue weighted by atomic mass is 16.6. The number of piperazine rings is 1. The van der Waals surface area contributed by atoms with E-state index in [2.05, 4.69) is 58.6 Å². The van der Waals surface area contributed by atoms with Gasteiger partial charge in [-0.1, -0.05) is 24.3 Å². The third-order valence-corrected chi connectivity index (χ3v) is 4.05. The molecule has 0 atom stereocenters. The fraction of sp³-hybridized carbons (Fsp3) is 0.550. The van der Waals surface area contributed by atoms with E-state index in [-0.39, 0.29) is 6.09 Å². The van der Waals surface area contributed by atoms with E-state index in [0.29, 0.717) is 6.54 Å². The lowest BCUT2D eigenvalue weighted by molar-refractivity contribution is 0.0529. The fourth-order valence-electron chi connectivity index (χ4n) is 2.65. The van der Waals surface area contributed by atoms with Gasteiger partial charge in [0.2, 0.25) is 0 Å². The Morgan fingerprint density at radius 1 is 1.16 bits per heavy atom. The third kappa shape index (κ3) is 7.18. The van der Waals surface area contributed by atoms with Crippen molar-refractivity contribution in [2.24, 2.45) is 0 Å². The van der Waals surface area contributed by atoms with Crippen molar-refractivity contribution >= 4 is 17.9 Å². The fourth-order valence-corrected chi connectivity index (χ4v) is 2.65. The second-order valence-electron chi connectivity index (χ2n) is 7.50. The quantitative estimate of drug-likeness (QED) is 0.831. The lowest BCUT2D eigenvalue weighted by atomic mass is 10.1. The summed E-state index contributed by atoms with van der Waals surface area (Å²) >= 11 is 0. The molecule has 1 aromatic carbocycles. The lowest BCUT2D eigenvalue weighted by Gasteiger charge is -2.34. The van der Waals surface area contributed by atoms with E-state index in [1.165, 1.54) is 11.3 Å². The Morgan fingerprint density at radius 2 is 1.80 bits per heavy atom. The van der Waals surface area contributed by atoms with Crippen molar-refractivity contribution in [2.75, 3.05) is 44.7 Å². The van der Waals surface area contributed by atoms with Crippen LogP contribution in [0.5, 0.6) is 0 Å². The van der Waals surface area contributed by atoms with Crippen molar-refractivity contribution in [1.82, 2.24) is 10.2 Å². The van der Waals surface area contributed by atoms with E-state index in [4.69, 9.17) is 4.74 Å².